The van der Waals surface area contributed by atoms with Gasteiger partial charge in [-0.1, -0.05) is 19.8 Å². The van der Waals surface area contributed by atoms with Crippen molar-refractivity contribution in [3.63, 3.8) is 0 Å². The number of aromatic nitrogens is 2. The number of nitrogens with zero attached hydrogens (tertiary/aromatic N) is 2. The van der Waals surface area contributed by atoms with Gasteiger partial charge in [0.15, 0.2) is 12.2 Å². The second kappa shape index (κ2) is 5.38. The van der Waals surface area contributed by atoms with Crippen molar-refractivity contribution < 1.29 is 4.68 Å². The van der Waals surface area contributed by atoms with Crippen LogP contribution in [-0.2, 0) is 0 Å². The van der Waals surface area contributed by atoms with Crippen LogP contribution in [0.3, 0.4) is 0 Å². The molecule has 1 rings (SSSR count). The molecule has 15 heavy (non-hydrogen) atoms. The summed E-state index contributed by atoms with van der Waals surface area (Å²) < 4.78 is 4.48. The molecule has 1 aromatic heterocycles. The van der Waals surface area contributed by atoms with Crippen LogP contribution in [0.5, 0.6) is 0 Å². The van der Waals surface area contributed by atoms with Gasteiger partial charge in [0, 0.05) is 6.07 Å². The molecule has 2 nitrogen and oxygen atoms in total. The highest BCUT2D eigenvalue weighted by Gasteiger charge is 2.23. The average Bonchev–Trinajstić information content (AvgIpc) is 2.65. The zero-order chi connectivity index (χ0) is 11.4. The zero-order valence-electron chi connectivity index (χ0n) is 10.4. The van der Waals surface area contributed by atoms with Crippen molar-refractivity contribution in [3.8, 4) is 0 Å². The minimum Gasteiger partial charge on any atom is -0.158 e. The lowest BCUT2D eigenvalue weighted by atomic mass is 9.78. The van der Waals surface area contributed by atoms with Gasteiger partial charge >= 0.3 is 0 Å². The summed E-state index contributed by atoms with van der Waals surface area (Å²) in [4.78, 5) is 0. The molecule has 0 spiro atoms. The molecule has 0 aliphatic carbocycles. The fourth-order valence-electron chi connectivity index (χ4n) is 1.92. The first-order valence-electron chi connectivity index (χ1n) is 5.91. The molecule has 0 aliphatic rings. The molecule has 0 fully saturated rings. The van der Waals surface area contributed by atoms with Gasteiger partial charge in [-0.25, -0.2) is 0 Å². The van der Waals surface area contributed by atoms with Crippen molar-refractivity contribution in [1.82, 2.24) is 4.68 Å². The van der Waals surface area contributed by atoms with Crippen LogP contribution in [0.4, 0.5) is 0 Å². The van der Waals surface area contributed by atoms with Crippen molar-refractivity contribution >= 4 is 7.85 Å². The van der Waals surface area contributed by atoms with Gasteiger partial charge in [0.05, 0.1) is 20.1 Å². The topological polar surface area (TPSA) is 8.81 Å². The van der Waals surface area contributed by atoms with Gasteiger partial charge in [-0.15, -0.1) is 4.68 Å². The fourth-order valence-corrected chi connectivity index (χ4v) is 1.92. The Morgan fingerprint density at radius 2 is 2.00 bits per heavy atom. The van der Waals surface area contributed by atoms with E-state index < -0.39 is 0 Å². The predicted octanol–water partition coefficient (Wildman–Crippen LogP) is 2.67. The molecule has 0 saturated heterocycles. The Balaban J connectivity index is 2.81. The van der Waals surface area contributed by atoms with Crippen LogP contribution in [0.15, 0.2) is 18.5 Å². The maximum absolute atomic E-state index is 6.15. The Kier molecular flexibility index (Phi) is 4.43. The Labute approximate surface area is 94.7 Å². The van der Waals surface area contributed by atoms with Crippen LogP contribution >= 0.6 is 0 Å². The summed E-state index contributed by atoms with van der Waals surface area (Å²) >= 11 is 0. The summed E-state index contributed by atoms with van der Waals surface area (Å²) in [5.74, 6) is 0.243. The van der Waals surface area contributed by atoms with Crippen molar-refractivity contribution in [2.24, 2.45) is 0 Å². The molecule has 0 saturated carbocycles. The van der Waals surface area contributed by atoms with E-state index in [1.165, 1.54) is 0 Å². The molecule has 0 N–H and O–H groups in total. The minimum absolute atomic E-state index is 0.243. The first-order valence-corrected chi connectivity index (χ1v) is 5.91. The molecular weight excluding hydrogens is 183 g/mol. The molecule has 2 atom stereocenters. The molecule has 0 bridgehead atoms. The van der Waals surface area contributed by atoms with Crippen molar-refractivity contribution in [2.45, 2.75) is 58.4 Å². The normalized spacial score (nSPS) is 15.5. The second-order valence-electron chi connectivity index (χ2n) is 4.54. The summed E-state index contributed by atoms with van der Waals surface area (Å²) in [5.41, 5.74) is 0. The summed E-state index contributed by atoms with van der Waals surface area (Å²) in [5, 5.41) is 0. The minimum atomic E-state index is 0.243. The fraction of sp³-hybridized carbons (Fsp3) is 0.750. The number of hydrogen-bond donors (Lipinski definition) is 0. The molecule has 2 unspecified atom stereocenters. The van der Waals surface area contributed by atoms with E-state index in [1.54, 1.807) is 0 Å². The first-order chi connectivity index (χ1) is 7.07. The third-order valence-electron chi connectivity index (χ3n) is 2.93. The Bertz CT molecular complexity index is 294. The Morgan fingerprint density at radius 3 is 2.53 bits per heavy atom. The highest BCUT2D eigenvalue weighted by atomic mass is 15.4. The quantitative estimate of drug-likeness (QED) is 0.516. The average molecular weight is 205 g/mol. The molecular formula is C12H22BN2+. The molecule has 0 aliphatic heterocycles. The molecule has 3 heteroatoms. The molecule has 0 amide bonds. The third-order valence-corrected chi connectivity index (χ3v) is 2.93. The van der Waals surface area contributed by atoms with E-state index in [-0.39, 0.29) is 5.82 Å². The van der Waals surface area contributed by atoms with E-state index in [0.29, 0.717) is 12.1 Å². The Hall–Kier alpha value is -0.725. The highest BCUT2D eigenvalue weighted by molar-refractivity contribution is 6.11. The SMILES string of the molecule is [B]C(CCC)C(C)[n+]1cccn1C(C)C. The van der Waals surface area contributed by atoms with E-state index in [4.69, 9.17) is 7.85 Å². The molecule has 82 valence electrons. The van der Waals surface area contributed by atoms with Gasteiger partial charge in [0.2, 0.25) is 0 Å². The van der Waals surface area contributed by atoms with Gasteiger partial charge < -0.3 is 0 Å². The van der Waals surface area contributed by atoms with Crippen LogP contribution in [0.2, 0.25) is 5.82 Å². The lowest BCUT2D eigenvalue weighted by Crippen LogP contribution is -2.48. The van der Waals surface area contributed by atoms with Crippen molar-refractivity contribution in [1.29, 1.82) is 0 Å². The molecule has 2 radical (unpaired) electrons. The molecule has 1 heterocycles. The predicted molar refractivity (Wildman–Crippen MR) is 64.1 cm³/mol. The van der Waals surface area contributed by atoms with E-state index in [9.17, 15) is 0 Å². The molecule has 1 aromatic rings. The number of hydrogen-bond acceptors (Lipinski definition) is 0. The van der Waals surface area contributed by atoms with Gasteiger partial charge in [0.1, 0.15) is 0 Å². The van der Waals surface area contributed by atoms with E-state index in [1.807, 2.05) is 0 Å². The lowest BCUT2D eigenvalue weighted by molar-refractivity contribution is -0.797. The third kappa shape index (κ3) is 2.86. The summed E-state index contributed by atoms with van der Waals surface area (Å²) in [6.07, 6.45) is 6.45. The van der Waals surface area contributed by atoms with Crippen LogP contribution in [0, 0.1) is 0 Å². The number of rotatable bonds is 5. The van der Waals surface area contributed by atoms with Gasteiger partial charge in [-0.05, 0) is 26.6 Å². The maximum Gasteiger partial charge on any atom is 0.195 e. The monoisotopic (exact) mass is 205 g/mol. The van der Waals surface area contributed by atoms with Crippen LogP contribution < -0.4 is 4.68 Å². The van der Waals surface area contributed by atoms with Crippen LogP contribution in [0.1, 0.15) is 52.6 Å². The van der Waals surface area contributed by atoms with Crippen molar-refractivity contribution in [2.75, 3.05) is 0 Å². The zero-order valence-corrected chi connectivity index (χ0v) is 10.4. The van der Waals surface area contributed by atoms with Crippen molar-refractivity contribution in [3.05, 3.63) is 18.5 Å². The standard InChI is InChI=1S/C12H22BN2/c1-5-7-12(13)11(4)15-9-6-8-14(15)10(2)3/h6,8-12H,5,7H2,1-4H3/q+1. The van der Waals surface area contributed by atoms with E-state index in [2.05, 4.69) is 55.5 Å². The largest absolute Gasteiger partial charge is 0.195 e. The Morgan fingerprint density at radius 1 is 1.33 bits per heavy atom. The maximum atomic E-state index is 6.15. The first kappa shape index (κ1) is 12.3. The highest BCUT2D eigenvalue weighted by Crippen LogP contribution is 2.20. The second-order valence-corrected chi connectivity index (χ2v) is 4.54. The lowest BCUT2D eigenvalue weighted by Gasteiger charge is -2.17. The van der Waals surface area contributed by atoms with E-state index >= 15 is 0 Å². The summed E-state index contributed by atoms with van der Waals surface area (Å²) in [6, 6.07) is 2.92. The van der Waals surface area contributed by atoms with Gasteiger partial charge in [0.25, 0.3) is 0 Å². The van der Waals surface area contributed by atoms with Crippen LogP contribution in [-0.4, -0.2) is 12.5 Å². The van der Waals surface area contributed by atoms with Gasteiger partial charge in [-0.3, -0.25) is 0 Å². The summed E-state index contributed by atoms with van der Waals surface area (Å²) in [7, 11) is 6.15. The smallest absolute Gasteiger partial charge is 0.158 e. The van der Waals surface area contributed by atoms with Crippen LogP contribution in [0.25, 0.3) is 0 Å². The van der Waals surface area contributed by atoms with Gasteiger partial charge in [-0.2, -0.15) is 4.68 Å². The van der Waals surface area contributed by atoms with E-state index in [0.717, 1.165) is 12.8 Å². The molecule has 0 aromatic carbocycles. The summed E-state index contributed by atoms with van der Waals surface area (Å²) in [6.45, 7) is 8.75.